The molecule has 3 aliphatic heterocycles. The van der Waals surface area contributed by atoms with Crippen LogP contribution < -0.4 is 11.1 Å². The molecule has 14 aliphatic rings. The van der Waals surface area contributed by atoms with Crippen LogP contribution in [-0.4, -0.2) is 99.1 Å². The van der Waals surface area contributed by atoms with Gasteiger partial charge in [-0.1, -0.05) is 100 Å². The molecule has 11 nitrogen and oxygen atoms in total. The Morgan fingerprint density at radius 3 is 2.43 bits per heavy atom. The first-order chi connectivity index (χ1) is 41.2. The minimum Gasteiger partial charge on any atom is -0.396 e. The van der Waals surface area contributed by atoms with Gasteiger partial charge in [0.05, 0.1) is 36.3 Å². The maximum Gasteiger partial charge on any atom is 0.159 e. The van der Waals surface area contributed by atoms with Crippen molar-refractivity contribution in [3.8, 4) is 11.8 Å². The van der Waals surface area contributed by atoms with Gasteiger partial charge in [0.15, 0.2) is 5.78 Å². The molecular weight excluding hydrogens is 1070 g/mol. The number of aliphatic hydroxyl groups is 5. The molecule has 2 saturated heterocycles. The predicted octanol–water partition coefficient (Wildman–Crippen LogP) is 10.9. The summed E-state index contributed by atoms with van der Waals surface area (Å²) in [7, 11) is 0. The summed E-state index contributed by atoms with van der Waals surface area (Å²) in [5, 5.41) is 68.2. The van der Waals surface area contributed by atoms with Crippen molar-refractivity contribution in [3.05, 3.63) is 82.2 Å². The number of fused-ring (bicyclic) bond motifs is 4. The number of nitrogens with two attached hydrogens (primary N) is 1. The number of ketones is 1. The Labute approximate surface area is 512 Å². The Morgan fingerprint density at radius 2 is 1.69 bits per heavy atom. The molecule has 0 radical (unpaired) electrons. The number of epoxide rings is 1. The second-order valence-corrected chi connectivity index (χ2v) is 33.2. The van der Waals surface area contributed by atoms with Crippen LogP contribution in [0.25, 0.3) is 0 Å². The number of allylic oxidation sites excluding steroid dienone is 4. The molecule has 0 aromatic heterocycles. The van der Waals surface area contributed by atoms with E-state index in [2.05, 4.69) is 67.4 Å². The third-order valence-corrected chi connectivity index (χ3v) is 29.7. The molecule has 20 unspecified atom stereocenters. The Bertz CT molecular complexity index is 3120. The molecule has 11 aliphatic carbocycles. The highest BCUT2D eigenvalue weighted by molar-refractivity contribution is 5.95. The number of carbonyl (C=O) groups excluding carboxylic acids is 2. The van der Waals surface area contributed by atoms with E-state index in [9.17, 15) is 30.3 Å². The molecule has 86 heavy (non-hydrogen) atoms. The van der Waals surface area contributed by atoms with E-state index in [4.69, 9.17) is 15.2 Å². The average molecular weight is 1180 g/mol. The van der Waals surface area contributed by atoms with Gasteiger partial charge in [0.2, 0.25) is 0 Å². The number of rotatable bonds is 11. The van der Waals surface area contributed by atoms with Crippen molar-refractivity contribution < 1.29 is 44.6 Å². The maximum absolute atomic E-state index is 16.6. The van der Waals surface area contributed by atoms with E-state index >= 15 is 4.79 Å². The molecule has 1 aromatic rings. The minimum absolute atomic E-state index is 0.00763. The van der Waals surface area contributed by atoms with Gasteiger partial charge in [0.25, 0.3) is 0 Å². The third kappa shape index (κ3) is 7.89. The predicted molar refractivity (Wildman–Crippen MR) is 330 cm³/mol. The number of benzene rings is 1. The van der Waals surface area contributed by atoms with E-state index in [-0.39, 0.29) is 76.7 Å². The van der Waals surface area contributed by atoms with Gasteiger partial charge in [-0.2, -0.15) is 0 Å². The zero-order chi connectivity index (χ0) is 59.7. The van der Waals surface area contributed by atoms with E-state index in [0.717, 1.165) is 81.8 Å². The van der Waals surface area contributed by atoms with Crippen molar-refractivity contribution >= 4 is 12.1 Å². The third-order valence-electron chi connectivity index (χ3n) is 29.7. The summed E-state index contributed by atoms with van der Waals surface area (Å²) in [6.45, 7) is 9.41. The summed E-state index contributed by atoms with van der Waals surface area (Å²) in [4.78, 5) is 29.9. The van der Waals surface area contributed by atoms with Crippen LogP contribution in [0.2, 0.25) is 0 Å². The zero-order valence-electron chi connectivity index (χ0n) is 52.4. The smallest absolute Gasteiger partial charge is 0.159 e. The van der Waals surface area contributed by atoms with Gasteiger partial charge in [-0.3, -0.25) is 4.79 Å². The maximum atomic E-state index is 16.6. The van der Waals surface area contributed by atoms with Crippen molar-refractivity contribution in [3.63, 3.8) is 0 Å². The van der Waals surface area contributed by atoms with E-state index in [1.54, 1.807) is 0 Å². The SMILES string of the molecule is CC1CCOC(C2OC2C(C)(O)C(C)(CO)CCC2=CCNC(N)=C2)(C2CCC3(O)C4=CC(=O)C5CC(O)CC67C8C=C(C9(CO)CC(C=O)CC9%10CCCC%10)CC56C4C(CCc4ccccc4CC#CC7C4(CCC5(CCCC5)C4)C8)CC23C)C1. The van der Waals surface area contributed by atoms with Crippen LogP contribution >= 0.6 is 0 Å². The van der Waals surface area contributed by atoms with Crippen LogP contribution in [0.4, 0.5) is 0 Å². The first-order valence-corrected chi connectivity index (χ1v) is 34.7. The number of hydrogen-bond acceptors (Lipinski definition) is 11. The van der Waals surface area contributed by atoms with Gasteiger partial charge >= 0.3 is 0 Å². The molecule has 0 bridgehead atoms. The summed E-state index contributed by atoms with van der Waals surface area (Å²) >= 11 is 0. The monoisotopic (exact) mass is 1170 g/mol. The van der Waals surface area contributed by atoms with Crippen molar-refractivity contribution in [2.45, 2.75) is 236 Å². The summed E-state index contributed by atoms with van der Waals surface area (Å²) in [6.07, 6.45) is 31.5. The number of hydrogen-bond donors (Lipinski definition) is 7. The highest BCUT2D eigenvalue weighted by Crippen LogP contribution is 2.85. The Balaban J connectivity index is 0.908. The van der Waals surface area contributed by atoms with Crippen LogP contribution in [0.5, 0.6) is 0 Å². The van der Waals surface area contributed by atoms with E-state index in [0.29, 0.717) is 89.6 Å². The molecule has 8 N–H and O–H groups in total. The quantitative estimate of drug-likeness (QED) is 0.0482. The van der Waals surface area contributed by atoms with Crippen LogP contribution in [0.3, 0.4) is 0 Å². The van der Waals surface area contributed by atoms with Gasteiger partial charge in [-0.05, 0) is 234 Å². The van der Waals surface area contributed by atoms with Crippen molar-refractivity contribution in [2.75, 3.05) is 26.4 Å². The fourth-order valence-electron chi connectivity index (χ4n) is 25.8. The largest absolute Gasteiger partial charge is 0.396 e. The fourth-order valence-corrected chi connectivity index (χ4v) is 25.8. The van der Waals surface area contributed by atoms with Crippen molar-refractivity contribution in [1.29, 1.82) is 0 Å². The van der Waals surface area contributed by atoms with E-state index in [1.807, 2.05) is 26.0 Å². The Morgan fingerprint density at radius 1 is 0.907 bits per heavy atom. The molecule has 466 valence electrons. The summed E-state index contributed by atoms with van der Waals surface area (Å²) < 4.78 is 14.5. The lowest BCUT2D eigenvalue weighted by molar-refractivity contribution is -0.227. The number of nitrogens with one attached hydrogen (secondary N) is 1. The minimum atomic E-state index is -1.45. The lowest BCUT2D eigenvalue weighted by Crippen LogP contribution is -2.71. The van der Waals surface area contributed by atoms with E-state index in [1.165, 1.54) is 55.1 Å². The van der Waals surface area contributed by atoms with Gasteiger partial charge in [0.1, 0.15) is 24.1 Å². The normalized spacial score (nSPS) is 47.0. The highest BCUT2D eigenvalue weighted by Gasteiger charge is 2.83. The molecule has 8 saturated carbocycles. The van der Waals surface area contributed by atoms with Gasteiger partial charge in [0, 0.05) is 59.0 Å². The number of dihydropyridines is 1. The summed E-state index contributed by atoms with van der Waals surface area (Å²) in [5.41, 5.74) is 4.57. The van der Waals surface area contributed by atoms with Gasteiger partial charge < -0.3 is 50.9 Å². The topological polar surface area (TPSA) is 195 Å². The Kier molecular flexibility index (Phi) is 13.8. The summed E-state index contributed by atoms with van der Waals surface area (Å²) in [6, 6.07) is 8.95. The fraction of sp³-hybridized carbons (Fsp3) is 0.760. The van der Waals surface area contributed by atoms with Crippen LogP contribution in [0.15, 0.2) is 71.1 Å². The second-order valence-electron chi connectivity index (χ2n) is 33.2. The molecular formula is C75H102N2O9. The first-order valence-electron chi connectivity index (χ1n) is 34.7. The first kappa shape index (κ1) is 58.8. The van der Waals surface area contributed by atoms with Crippen molar-refractivity contribution in [2.24, 2.45) is 96.4 Å². The number of carbonyl (C=O) groups is 2. The highest BCUT2D eigenvalue weighted by atomic mass is 16.6. The number of aldehydes is 1. The molecule has 5 spiro atoms. The lowest BCUT2D eigenvalue weighted by atomic mass is 9.31. The molecule has 3 heterocycles. The standard InChI is InChI=1S/C75H102N2O9/c1-47-21-31-85-74(36-47,64-63(86-64)67(4,83)65(2,45-79)26-18-48-20-30-77-61(76)32-48)59-19-27-75(84)57-35-58(82)56-34-55(81)42-72-54-33-53(71(46-80)38-49(43-78)37-70(71)24-9-10-25-70)41-73(56,72)62(57)52(39-66(59,75)3)17-16-51-13-6-5-12-50(51)14-11-15-60(72)69(40-54)29-28-68(44-69)22-7-8-23-68/h5-6,12-13,20,32-33,35,43,47,49,52,54-56,59-60,62-64,77,79-81,83-84H,7-10,14,16-19,21-31,34,36-42,44-46,76H2,1-4H3. The van der Waals surface area contributed by atoms with Crippen LogP contribution in [0.1, 0.15) is 199 Å². The molecule has 15 rings (SSSR count). The second kappa shape index (κ2) is 20.2. The summed E-state index contributed by atoms with van der Waals surface area (Å²) in [5.74, 6) is 8.06. The van der Waals surface area contributed by atoms with Gasteiger partial charge in [-0.15, -0.1) is 0 Å². The molecule has 11 heteroatoms. The van der Waals surface area contributed by atoms with Crippen molar-refractivity contribution in [1.82, 2.24) is 5.32 Å². The van der Waals surface area contributed by atoms with Crippen LogP contribution in [0, 0.1) is 103 Å². The molecule has 10 fully saturated rings. The lowest BCUT2D eigenvalue weighted by Gasteiger charge is -2.72. The molecule has 0 amide bonds. The number of ether oxygens (including phenoxy) is 2. The van der Waals surface area contributed by atoms with E-state index < -0.39 is 68.1 Å². The van der Waals surface area contributed by atoms with Gasteiger partial charge in [-0.25, -0.2) is 0 Å². The zero-order valence-corrected chi connectivity index (χ0v) is 52.4. The number of aryl methyl sites for hydroxylation is 1. The van der Waals surface area contributed by atoms with Crippen LogP contribution in [-0.2, 0) is 31.9 Å². The Hall–Kier alpha value is -3.60. The number of aliphatic hydroxyl groups excluding tert-OH is 3. The molecule has 1 aromatic carbocycles. The average Bonchev–Trinajstić information content (AvgIpc) is 1.30. The molecule has 20 atom stereocenters.